The number of benzene rings is 2. The zero-order valence-corrected chi connectivity index (χ0v) is 15.3. The maximum atomic E-state index is 12.6. The number of hydrogen-bond acceptors (Lipinski definition) is 4. The van der Waals surface area contributed by atoms with Crippen LogP contribution in [0.4, 0.5) is 0 Å². The van der Waals surface area contributed by atoms with E-state index in [2.05, 4.69) is 5.10 Å². The van der Waals surface area contributed by atoms with Crippen molar-refractivity contribution in [1.29, 1.82) is 0 Å². The van der Waals surface area contributed by atoms with E-state index in [4.69, 9.17) is 27.9 Å². The summed E-state index contributed by atoms with van der Waals surface area (Å²) < 4.78 is 6.44. The fraction of sp³-hybridized carbons (Fsp3) is 0.105. The first kappa shape index (κ1) is 18.2. The summed E-state index contributed by atoms with van der Waals surface area (Å²) in [4.78, 5) is 24.9. The van der Waals surface area contributed by atoms with Crippen LogP contribution < -0.4 is 5.56 Å². The van der Waals surface area contributed by atoms with Crippen molar-refractivity contribution in [2.75, 3.05) is 0 Å². The number of para-hydroxylation sites is 1. The molecule has 0 unspecified atom stereocenters. The lowest BCUT2D eigenvalue weighted by molar-refractivity contribution is 0.0472. The van der Waals surface area contributed by atoms with Crippen molar-refractivity contribution in [3.8, 4) is 5.69 Å². The first-order valence-corrected chi connectivity index (χ1v) is 8.49. The van der Waals surface area contributed by atoms with E-state index in [1.54, 1.807) is 24.3 Å². The number of halogens is 2. The molecular formula is C19H14Cl2N2O3. The lowest BCUT2D eigenvalue weighted by Gasteiger charge is -2.12. The quantitative estimate of drug-likeness (QED) is 0.628. The van der Waals surface area contributed by atoms with Crippen LogP contribution in [-0.2, 0) is 11.3 Å². The van der Waals surface area contributed by atoms with Crippen LogP contribution in [0.3, 0.4) is 0 Å². The van der Waals surface area contributed by atoms with Crippen LogP contribution in [-0.4, -0.2) is 15.7 Å². The van der Waals surface area contributed by atoms with Gasteiger partial charge in [-0.25, -0.2) is 4.79 Å². The Morgan fingerprint density at radius 2 is 1.81 bits per heavy atom. The van der Waals surface area contributed by atoms with Crippen LogP contribution in [0.25, 0.3) is 5.69 Å². The standard InChI is InChI=1S/C19H14Cl2N2O3/c1-12-6-2-3-7-13(12)11-26-19(25)14-8-4-5-9-16(14)23-18(24)17(21)15(20)10-22-23/h2-10H,11H2,1H3. The number of aromatic nitrogens is 2. The van der Waals surface area contributed by atoms with E-state index in [9.17, 15) is 9.59 Å². The first-order valence-electron chi connectivity index (χ1n) is 7.73. The Bertz CT molecular complexity index is 1030. The average molecular weight is 389 g/mol. The number of nitrogens with zero attached hydrogens (tertiary/aromatic N) is 2. The Labute approximate surface area is 159 Å². The van der Waals surface area contributed by atoms with Crippen LogP contribution in [0, 0.1) is 6.92 Å². The van der Waals surface area contributed by atoms with Crippen LogP contribution in [0.15, 0.2) is 59.5 Å². The first-order chi connectivity index (χ1) is 12.5. The zero-order valence-electron chi connectivity index (χ0n) is 13.8. The highest BCUT2D eigenvalue weighted by atomic mass is 35.5. The van der Waals surface area contributed by atoms with Crippen LogP contribution in [0.5, 0.6) is 0 Å². The van der Waals surface area contributed by atoms with E-state index in [1.807, 2.05) is 31.2 Å². The highest BCUT2D eigenvalue weighted by Gasteiger charge is 2.17. The topological polar surface area (TPSA) is 61.2 Å². The van der Waals surface area contributed by atoms with Gasteiger partial charge in [-0.3, -0.25) is 4.79 Å². The van der Waals surface area contributed by atoms with Gasteiger partial charge in [0, 0.05) is 0 Å². The van der Waals surface area contributed by atoms with E-state index in [0.29, 0.717) is 0 Å². The average Bonchev–Trinajstić information content (AvgIpc) is 2.65. The largest absolute Gasteiger partial charge is 0.457 e. The molecule has 0 amide bonds. The maximum absolute atomic E-state index is 12.6. The van der Waals surface area contributed by atoms with Gasteiger partial charge in [0.25, 0.3) is 5.56 Å². The zero-order chi connectivity index (χ0) is 18.7. The van der Waals surface area contributed by atoms with E-state index < -0.39 is 11.5 Å². The fourth-order valence-corrected chi connectivity index (χ4v) is 2.66. The third-order valence-electron chi connectivity index (χ3n) is 3.85. The molecule has 0 saturated carbocycles. The van der Waals surface area contributed by atoms with Crippen LogP contribution in [0.2, 0.25) is 10.0 Å². The second-order valence-corrected chi connectivity index (χ2v) is 6.33. The van der Waals surface area contributed by atoms with Crippen molar-refractivity contribution in [2.45, 2.75) is 13.5 Å². The molecule has 3 aromatic rings. The lowest BCUT2D eigenvalue weighted by Crippen LogP contribution is -2.23. The predicted octanol–water partition coefficient (Wildman–Crippen LogP) is 4.20. The molecule has 2 aromatic carbocycles. The molecule has 0 aliphatic heterocycles. The van der Waals surface area contributed by atoms with Crippen molar-refractivity contribution in [1.82, 2.24) is 9.78 Å². The Hall–Kier alpha value is -2.63. The number of hydrogen-bond donors (Lipinski definition) is 0. The highest BCUT2D eigenvalue weighted by Crippen LogP contribution is 2.19. The minimum absolute atomic E-state index is 0.0486. The third kappa shape index (κ3) is 3.64. The summed E-state index contributed by atoms with van der Waals surface area (Å²) in [7, 11) is 0. The molecule has 132 valence electrons. The van der Waals surface area contributed by atoms with E-state index >= 15 is 0 Å². The molecule has 0 bridgehead atoms. The summed E-state index contributed by atoms with van der Waals surface area (Å²) in [6, 6.07) is 14.1. The van der Waals surface area contributed by atoms with E-state index in [-0.39, 0.29) is 27.9 Å². The third-order valence-corrected chi connectivity index (χ3v) is 4.60. The minimum Gasteiger partial charge on any atom is -0.457 e. The lowest BCUT2D eigenvalue weighted by atomic mass is 10.1. The number of rotatable bonds is 4. The number of ether oxygens (including phenoxy) is 1. The number of carbonyl (C=O) groups excluding carboxylic acids is 1. The van der Waals surface area contributed by atoms with Crippen molar-refractivity contribution in [3.63, 3.8) is 0 Å². The second kappa shape index (κ2) is 7.72. The molecule has 0 saturated heterocycles. The number of carbonyl (C=O) groups is 1. The van der Waals surface area contributed by atoms with Gasteiger partial charge in [-0.2, -0.15) is 9.78 Å². The van der Waals surface area contributed by atoms with Gasteiger partial charge < -0.3 is 4.74 Å². The van der Waals surface area contributed by atoms with Crippen molar-refractivity contribution in [2.24, 2.45) is 0 Å². The molecule has 0 aliphatic rings. The molecule has 26 heavy (non-hydrogen) atoms. The highest BCUT2D eigenvalue weighted by molar-refractivity contribution is 6.41. The van der Waals surface area contributed by atoms with Crippen molar-refractivity contribution >= 4 is 29.2 Å². The molecule has 0 aliphatic carbocycles. The van der Waals surface area contributed by atoms with Crippen LogP contribution in [0.1, 0.15) is 21.5 Å². The summed E-state index contributed by atoms with van der Waals surface area (Å²) >= 11 is 11.7. The molecule has 1 heterocycles. The summed E-state index contributed by atoms with van der Waals surface area (Å²) in [6.45, 7) is 2.07. The van der Waals surface area contributed by atoms with Gasteiger partial charge in [0.15, 0.2) is 0 Å². The molecule has 0 spiro atoms. The molecule has 0 fully saturated rings. The van der Waals surface area contributed by atoms with Gasteiger partial charge in [-0.1, -0.05) is 59.6 Å². The molecule has 1 aromatic heterocycles. The number of aryl methyl sites for hydroxylation is 1. The molecule has 0 radical (unpaired) electrons. The van der Waals surface area contributed by atoms with Crippen molar-refractivity contribution in [3.05, 3.63) is 91.8 Å². The van der Waals surface area contributed by atoms with E-state index in [0.717, 1.165) is 15.8 Å². The monoisotopic (exact) mass is 388 g/mol. The molecular weight excluding hydrogens is 375 g/mol. The van der Waals surface area contributed by atoms with Crippen molar-refractivity contribution < 1.29 is 9.53 Å². The Kier molecular flexibility index (Phi) is 5.40. The summed E-state index contributed by atoms with van der Waals surface area (Å²) in [6.07, 6.45) is 1.25. The maximum Gasteiger partial charge on any atom is 0.340 e. The van der Waals surface area contributed by atoms with Gasteiger partial charge in [-0.05, 0) is 30.2 Å². The molecule has 7 heteroatoms. The summed E-state index contributed by atoms with van der Waals surface area (Å²) in [5.74, 6) is -0.566. The van der Waals surface area contributed by atoms with Gasteiger partial charge in [0.2, 0.25) is 0 Å². The summed E-state index contributed by atoms with van der Waals surface area (Å²) in [5.41, 5.74) is 1.79. The fourth-order valence-electron chi connectivity index (χ4n) is 2.41. The molecule has 5 nitrogen and oxygen atoms in total. The molecule has 0 N–H and O–H groups in total. The normalized spacial score (nSPS) is 10.6. The van der Waals surface area contributed by atoms with Gasteiger partial charge in [-0.15, -0.1) is 0 Å². The molecule has 3 rings (SSSR count). The second-order valence-electron chi connectivity index (χ2n) is 5.54. The van der Waals surface area contributed by atoms with Gasteiger partial charge in [0.05, 0.1) is 22.5 Å². The number of esters is 1. The smallest absolute Gasteiger partial charge is 0.340 e. The van der Waals surface area contributed by atoms with Crippen LogP contribution >= 0.6 is 23.2 Å². The molecule has 0 atom stereocenters. The van der Waals surface area contributed by atoms with Gasteiger partial charge in [0.1, 0.15) is 11.6 Å². The van der Waals surface area contributed by atoms with Gasteiger partial charge >= 0.3 is 5.97 Å². The summed E-state index contributed by atoms with van der Waals surface area (Å²) in [5, 5.41) is 3.85. The SMILES string of the molecule is Cc1ccccc1COC(=O)c1ccccc1-n1ncc(Cl)c(Cl)c1=O. The minimum atomic E-state index is -0.613. The Morgan fingerprint density at radius 3 is 2.58 bits per heavy atom. The Balaban J connectivity index is 1.93. The predicted molar refractivity (Wildman–Crippen MR) is 100 cm³/mol. The van der Waals surface area contributed by atoms with E-state index in [1.165, 1.54) is 6.20 Å². The Morgan fingerprint density at radius 1 is 1.12 bits per heavy atom.